The fourth-order valence-corrected chi connectivity index (χ4v) is 2.22. The van der Waals surface area contributed by atoms with Crippen LogP contribution in [-0.2, 0) is 9.47 Å². The van der Waals surface area contributed by atoms with Gasteiger partial charge in [-0.1, -0.05) is 0 Å². The van der Waals surface area contributed by atoms with Gasteiger partial charge in [-0.2, -0.15) is 0 Å². The molecule has 5 heteroatoms. The predicted octanol–water partition coefficient (Wildman–Crippen LogP) is 1.69. The highest BCUT2D eigenvalue weighted by Gasteiger charge is 2.42. The number of methoxy groups -OCH3 is 2. The highest BCUT2D eigenvalue weighted by molar-refractivity contribution is 5.44. The summed E-state index contributed by atoms with van der Waals surface area (Å²) >= 11 is 0. The van der Waals surface area contributed by atoms with Gasteiger partial charge in [0, 0.05) is 19.8 Å². The van der Waals surface area contributed by atoms with E-state index in [9.17, 15) is 0 Å². The molecule has 2 rings (SSSR count). The van der Waals surface area contributed by atoms with Crippen molar-refractivity contribution in [1.29, 1.82) is 0 Å². The van der Waals surface area contributed by atoms with E-state index < -0.39 is 0 Å². The molecule has 0 amide bonds. The van der Waals surface area contributed by atoms with Crippen LogP contribution in [0.25, 0.3) is 0 Å². The Bertz CT molecular complexity index is 369. The van der Waals surface area contributed by atoms with E-state index in [-0.39, 0.29) is 18.2 Å². The third-order valence-corrected chi connectivity index (χ3v) is 3.20. The number of nitrogens with zero attached hydrogens (tertiary/aromatic N) is 1. The molecule has 1 heterocycles. The second-order valence-electron chi connectivity index (χ2n) is 4.27. The van der Waals surface area contributed by atoms with E-state index in [2.05, 4.69) is 10.3 Å². The highest BCUT2D eigenvalue weighted by Crippen LogP contribution is 2.29. The fraction of sp³-hybridized carbons (Fsp3) is 0.615. The molecule has 0 bridgehead atoms. The van der Waals surface area contributed by atoms with Crippen molar-refractivity contribution in [3.8, 4) is 5.88 Å². The number of hydrogen-bond donors (Lipinski definition) is 1. The van der Waals surface area contributed by atoms with E-state index in [1.54, 1.807) is 20.4 Å². The first-order chi connectivity index (χ1) is 8.78. The molecule has 1 saturated carbocycles. The Morgan fingerprint density at radius 3 is 2.78 bits per heavy atom. The van der Waals surface area contributed by atoms with E-state index >= 15 is 0 Å². The van der Waals surface area contributed by atoms with Crippen LogP contribution in [-0.4, -0.2) is 44.1 Å². The number of anilines is 1. The molecule has 1 aliphatic rings. The van der Waals surface area contributed by atoms with Gasteiger partial charge in [0.1, 0.15) is 6.10 Å². The Kier molecular flexibility index (Phi) is 4.38. The minimum absolute atomic E-state index is 0.104. The number of rotatable bonds is 6. The van der Waals surface area contributed by atoms with Crippen LogP contribution in [0.2, 0.25) is 0 Å². The zero-order valence-electron chi connectivity index (χ0n) is 11.1. The van der Waals surface area contributed by atoms with Crippen molar-refractivity contribution in [3.05, 3.63) is 18.3 Å². The van der Waals surface area contributed by atoms with Gasteiger partial charge in [0.05, 0.1) is 31.1 Å². The molecule has 3 atom stereocenters. The average Bonchev–Trinajstić information content (AvgIpc) is 2.38. The Balaban J connectivity index is 1.89. The molecular formula is C13H20N2O3. The number of hydrogen-bond acceptors (Lipinski definition) is 5. The van der Waals surface area contributed by atoms with Gasteiger partial charge in [0.25, 0.3) is 0 Å². The maximum atomic E-state index is 5.59. The van der Waals surface area contributed by atoms with Crippen molar-refractivity contribution in [2.24, 2.45) is 0 Å². The predicted molar refractivity (Wildman–Crippen MR) is 69.0 cm³/mol. The van der Waals surface area contributed by atoms with Crippen LogP contribution in [0.5, 0.6) is 5.88 Å². The van der Waals surface area contributed by atoms with Crippen molar-refractivity contribution in [1.82, 2.24) is 4.98 Å². The van der Waals surface area contributed by atoms with Crippen LogP contribution in [0.4, 0.5) is 5.69 Å². The first kappa shape index (κ1) is 13.1. The monoisotopic (exact) mass is 252 g/mol. The number of nitrogens with one attached hydrogen (secondary N) is 1. The average molecular weight is 252 g/mol. The third-order valence-electron chi connectivity index (χ3n) is 3.20. The lowest BCUT2D eigenvalue weighted by atomic mass is 9.85. The minimum Gasteiger partial charge on any atom is -0.481 e. The van der Waals surface area contributed by atoms with Crippen LogP contribution in [0.3, 0.4) is 0 Å². The Morgan fingerprint density at radius 2 is 2.22 bits per heavy atom. The van der Waals surface area contributed by atoms with Gasteiger partial charge in [-0.3, -0.25) is 0 Å². The van der Waals surface area contributed by atoms with Gasteiger partial charge in [0.2, 0.25) is 5.88 Å². The summed E-state index contributed by atoms with van der Waals surface area (Å²) < 4.78 is 16.1. The van der Waals surface area contributed by atoms with Crippen molar-refractivity contribution >= 4 is 5.69 Å². The summed E-state index contributed by atoms with van der Waals surface area (Å²) in [6.45, 7) is 2.72. The molecule has 1 fully saturated rings. The van der Waals surface area contributed by atoms with Gasteiger partial charge >= 0.3 is 0 Å². The van der Waals surface area contributed by atoms with Crippen LogP contribution >= 0.6 is 0 Å². The Morgan fingerprint density at radius 1 is 1.39 bits per heavy atom. The van der Waals surface area contributed by atoms with E-state index in [1.165, 1.54) is 0 Å². The first-order valence-electron chi connectivity index (χ1n) is 6.19. The molecule has 1 aliphatic carbocycles. The second kappa shape index (κ2) is 6.02. The summed E-state index contributed by atoms with van der Waals surface area (Å²) in [4.78, 5) is 4.16. The molecule has 1 aromatic heterocycles. The maximum absolute atomic E-state index is 5.59. The normalized spacial score (nSPS) is 26.5. The molecule has 0 radical (unpaired) electrons. The third kappa shape index (κ3) is 2.73. The quantitative estimate of drug-likeness (QED) is 0.835. The minimum atomic E-state index is 0.104. The van der Waals surface area contributed by atoms with Crippen molar-refractivity contribution in [3.63, 3.8) is 0 Å². The molecule has 0 aliphatic heterocycles. The van der Waals surface area contributed by atoms with E-state index in [0.29, 0.717) is 5.88 Å². The summed E-state index contributed by atoms with van der Waals surface area (Å²) in [5, 5.41) is 3.40. The van der Waals surface area contributed by atoms with E-state index in [0.717, 1.165) is 18.7 Å². The van der Waals surface area contributed by atoms with Gasteiger partial charge in [0.15, 0.2) is 0 Å². The molecule has 1 aromatic rings. The largest absolute Gasteiger partial charge is 0.481 e. The molecule has 100 valence electrons. The van der Waals surface area contributed by atoms with Crippen molar-refractivity contribution in [2.75, 3.05) is 26.1 Å². The lowest BCUT2D eigenvalue weighted by Crippen LogP contribution is -2.56. The number of aromatic nitrogens is 1. The first-order valence-corrected chi connectivity index (χ1v) is 6.19. The van der Waals surface area contributed by atoms with Crippen LogP contribution in [0, 0.1) is 0 Å². The van der Waals surface area contributed by atoms with Crippen molar-refractivity contribution < 1.29 is 14.2 Å². The molecule has 0 spiro atoms. The fourth-order valence-electron chi connectivity index (χ4n) is 2.22. The van der Waals surface area contributed by atoms with E-state index in [4.69, 9.17) is 14.2 Å². The summed E-state index contributed by atoms with van der Waals surface area (Å²) in [7, 11) is 3.33. The number of pyridine rings is 1. The van der Waals surface area contributed by atoms with Crippen molar-refractivity contribution in [2.45, 2.75) is 31.6 Å². The van der Waals surface area contributed by atoms with Gasteiger partial charge in [-0.05, 0) is 19.4 Å². The van der Waals surface area contributed by atoms with Gasteiger partial charge < -0.3 is 19.5 Å². The summed E-state index contributed by atoms with van der Waals surface area (Å²) in [6, 6.07) is 4.07. The molecule has 3 unspecified atom stereocenters. The Labute approximate surface area is 107 Å². The molecule has 5 nitrogen and oxygen atoms in total. The molecule has 1 N–H and O–H groups in total. The molecule has 0 aromatic carbocycles. The van der Waals surface area contributed by atoms with Crippen LogP contribution in [0.15, 0.2) is 18.3 Å². The second-order valence-corrected chi connectivity index (χ2v) is 4.27. The van der Waals surface area contributed by atoms with Crippen LogP contribution in [0.1, 0.15) is 13.3 Å². The van der Waals surface area contributed by atoms with E-state index in [1.807, 2.05) is 19.1 Å². The van der Waals surface area contributed by atoms with Gasteiger partial charge in [-0.25, -0.2) is 4.98 Å². The molecule has 18 heavy (non-hydrogen) atoms. The standard InChI is InChI=1S/C13H20N2O3/c1-4-18-11-7-10(13(11)17-3)15-9-5-6-12(16-2)14-8-9/h5-6,8,10-11,13,15H,4,7H2,1-3H3. The summed E-state index contributed by atoms with van der Waals surface area (Å²) in [5.41, 5.74) is 0.970. The highest BCUT2D eigenvalue weighted by atomic mass is 16.5. The van der Waals surface area contributed by atoms with Crippen LogP contribution < -0.4 is 10.1 Å². The molecular weight excluding hydrogens is 232 g/mol. The summed E-state index contributed by atoms with van der Waals surface area (Å²) in [6.07, 6.45) is 3.02. The zero-order chi connectivity index (χ0) is 13.0. The zero-order valence-corrected chi connectivity index (χ0v) is 11.1. The summed E-state index contributed by atoms with van der Waals surface area (Å²) in [5.74, 6) is 0.615. The van der Waals surface area contributed by atoms with Gasteiger partial charge in [-0.15, -0.1) is 0 Å². The lowest BCUT2D eigenvalue weighted by Gasteiger charge is -2.43. The Hall–Kier alpha value is -1.33. The molecule has 0 saturated heterocycles. The number of ether oxygens (including phenoxy) is 3. The smallest absolute Gasteiger partial charge is 0.213 e. The maximum Gasteiger partial charge on any atom is 0.213 e. The SMILES string of the molecule is CCOC1CC(Nc2ccc(OC)nc2)C1OC. The topological polar surface area (TPSA) is 52.6 Å². The lowest BCUT2D eigenvalue weighted by molar-refractivity contribution is -0.118.